The Morgan fingerprint density at radius 3 is 1.74 bits per heavy atom. The molecule has 3 atom stereocenters. The summed E-state index contributed by atoms with van der Waals surface area (Å²) in [5.74, 6) is -0.525. The molecule has 4 aromatic carbocycles. The van der Waals surface area contributed by atoms with Gasteiger partial charge in [0.15, 0.2) is 0 Å². The lowest BCUT2D eigenvalue weighted by Crippen LogP contribution is -2.43. The van der Waals surface area contributed by atoms with Crippen LogP contribution in [0.1, 0.15) is 28.2 Å². The third-order valence-corrected chi connectivity index (χ3v) is 8.59. The topological polar surface area (TPSA) is 132 Å². The first-order chi connectivity index (χ1) is 24.3. The first-order valence-electron chi connectivity index (χ1n) is 16.3. The number of methoxy groups -OCH3 is 2. The maximum atomic E-state index is 13.1. The fourth-order valence-electron chi connectivity index (χ4n) is 6.10. The van der Waals surface area contributed by atoms with Crippen LogP contribution in [0.3, 0.4) is 0 Å². The molecule has 260 valence electrons. The Labute approximate surface area is 290 Å². The Bertz CT molecular complexity index is 1770. The van der Waals surface area contributed by atoms with Crippen molar-refractivity contribution in [1.82, 2.24) is 9.80 Å². The summed E-state index contributed by atoms with van der Waals surface area (Å²) in [6.07, 6.45) is -0.0584. The molecule has 4 aromatic rings. The first kappa shape index (κ1) is 35.6. The first-order valence-corrected chi connectivity index (χ1v) is 16.3. The molecule has 2 aliphatic heterocycles. The average Bonchev–Trinajstić information content (AvgIpc) is 3.70. The van der Waals surface area contributed by atoms with Crippen molar-refractivity contribution in [3.8, 4) is 11.5 Å². The van der Waals surface area contributed by atoms with Crippen molar-refractivity contribution in [1.29, 1.82) is 0 Å². The van der Waals surface area contributed by atoms with Crippen molar-refractivity contribution < 1.29 is 43.2 Å². The van der Waals surface area contributed by atoms with Crippen molar-refractivity contribution in [3.05, 3.63) is 131 Å². The summed E-state index contributed by atoms with van der Waals surface area (Å²) in [7, 11) is 3.06. The smallest absolute Gasteiger partial charge is 0.417 e. The fourth-order valence-corrected chi connectivity index (χ4v) is 6.10. The SMILES string of the molecule is COc1ccccc1CC(=O)N1C(=O)OC[C@H]1Cc1ccccc1.COc1ccccc1[C@@H](CO)C(=O)N1C(=O)OC[C@H]1Cc1ccccc1. The second-order valence-corrected chi connectivity index (χ2v) is 11.8. The monoisotopic (exact) mass is 680 g/mol. The number of aliphatic hydroxyl groups is 1. The lowest BCUT2D eigenvalue weighted by atomic mass is 9.96. The number of cyclic esters (lactones) is 2. The van der Waals surface area contributed by atoms with E-state index in [-0.39, 0.29) is 31.6 Å². The normalized spacial score (nSPS) is 17.3. The van der Waals surface area contributed by atoms with Gasteiger partial charge in [-0.3, -0.25) is 9.59 Å². The number of amides is 4. The maximum Gasteiger partial charge on any atom is 0.417 e. The molecular formula is C39H40N2O9. The molecule has 2 aliphatic rings. The van der Waals surface area contributed by atoms with Gasteiger partial charge < -0.3 is 24.1 Å². The fraction of sp³-hybridized carbons (Fsp3) is 0.282. The molecule has 2 heterocycles. The standard InChI is InChI=1S/C20H21NO5.C19H19NO4/c1-25-18-10-6-5-9-16(18)17(12-22)19(23)21-15(13-26-20(21)24)11-14-7-3-2-4-8-14;1-23-17-10-6-5-9-15(17)12-18(21)20-16(13-24-19(20)22)11-14-7-3-2-4-8-14/h2-10,15,17,22H,11-13H2,1H3;2-10,16H,11-13H2,1H3/t15-,17-;16-/m11/s1. The van der Waals surface area contributed by atoms with E-state index >= 15 is 0 Å². The van der Waals surface area contributed by atoms with Gasteiger partial charge in [-0.25, -0.2) is 19.4 Å². The number of hydrogen-bond acceptors (Lipinski definition) is 9. The molecule has 0 unspecified atom stereocenters. The van der Waals surface area contributed by atoms with Gasteiger partial charge in [0.25, 0.3) is 0 Å². The third-order valence-electron chi connectivity index (χ3n) is 8.59. The minimum Gasteiger partial charge on any atom is -0.496 e. The van der Waals surface area contributed by atoms with Crippen molar-refractivity contribution in [2.45, 2.75) is 37.3 Å². The number of imide groups is 2. The van der Waals surface area contributed by atoms with Crippen LogP contribution in [-0.2, 0) is 38.3 Å². The summed E-state index contributed by atoms with van der Waals surface area (Å²) in [4.78, 5) is 52.3. The summed E-state index contributed by atoms with van der Waals surface area (Å²) in [6, 6.07) is 33.0. The van der Waals surface area contributed by atoms with E-state index < -0.39 is 36.7 Å². The van der Waals surface area contributed by atoms with Crippen LogP contribution in [0.2, 0.25) is 0 Å². The highest BCUT2D eigenvalue weighted by atomic mass is 16.6. The van der Waals surface area contributed by atoms with Crippen LogP contribution in [0.4, 0.5) is 9.59 Å². The number of rotatable bonds is 11. The van der Waals surface area contributed by atoms with Gasteiger partial charge in [-0.05, 0) is 36.1 Å². The Kier molecular flexibility index (Phi) is 12.2. The summed E-state index contributed by atoms with van der Waals surface area (Å²) in [5, 5.41) is 9.84. The van der Waals surface area contributed by atoms with Gasteiger partial charge >= 0.3 is 12.2 Å². The highest BCUT2D eigenvalue weighted by Gasteiger charge is 2.42. The molecule has 11 heteroatoms. The number of aliphatic hydroxyl groups excluding tert-OH is 1. The van der Waals surface area contributed by atoms with Gasteiger partial charge in [0.1, 0.15) is 24.7 Å². The second kappa shape index (κ2) is 17.1. The molecule has 0 spiro atoms. The van der Waals surface area contributed by atoms with E-state index in [1.807, 2.05) is 78.9 Å². The van der Waals surface area contributed by atoms with Crippen molar-refractivity contribution in [2.75, 3.05) is 34.0 Å². The molecule has 50 heavy (non-hydrogen) atoms. The molecule has 1 N–H and O–H groups in total. The molecule has 0 radical (unpaired) electrons. The molecule has 0 aromatic heterocycles. The minimum atomic E-state index is -0.893. The van der Waals surface area contributed by atoms with E-state index in [2.05, 4.69) is 0 Å². The zero-order valence-corrected chi connectivity index (χ0v) is 28.0. The van der Waals surface area contributed by atoms with Crippen LogP contribution in [0.5, 0.6) is 11.5 Å². The lowest BCUT2D eigenvalue weighted by molar-refractivity contribution is -0.132. The molecule has 4 amide bonds. The molecule has 2 saturated heterocycles. The highest BCUT2D eigenvalue weighted by Crippen LogP contribution is 2.30. The number of hydrogen-bond donors (Lipinski definition) is 1. The zero-order valence-electron chi connectivity index (χ0n) is 28.0. The van der Waals surface area contributed by atoms with Crippen molar-refractivity contribution in [2.24, 2.45) is 0 Å². The summed E-state index contributed by atoms with van der Waals surface area (Å²) < 4.78 is 20.8. The predicted octanol–water partition coefficient (Wildman–Crippen LogP) is 5.19. The second-order valence-electron chi connectivity index (χ2n) is 11.8. The van der Waals surface area contributed by atoms with Crippen LogP contribution in [0, 0.1) is 0 Å². The van der Waals surface area contributed by atoms with Gasteiger partial charge in [0, 0.05) is 11.1 Å². The Balaban J connectivity index is 0.000000195. The van der Waals surface area contributed by atoms with Crippen molar-refractivity contribution >= 4 is 24.0 Å². The van der Waals surface area contributed by atoms with Crippen LogP contribution < -0.4 is 9.47 Å². The van der Waals surface area contributed by atoms with Gasteiger partial charge in [-0.2, -0.15) is 0 Å². The minimum absolute atomic E-state index is 0.102. The zero-order chi connectivity index (χ0) is 35.5. The molecule has 2 fully saturated rings. The van der Waals surface area contributed by atoms with E-state index in [0.717, 1.165) is 21.6 Å². The molecule has 0 bridgehead atoms. The van der Waals surface area contributed by atoms with E-state index in [1.165, 1.54) is 12.0 Å². The van der Waals surface area contributed by atoms with Crippen LogP contribution in [0.25, 0.3) is 0 Å². The van der Waals surface area contributed by atoms with E-state index in [9.17, 15) is 24.3 Å². The molecule has 11 nitrogen and oxygen atoms in total. The van der Waals surface area contributed by atoms with Crippen molar-refractivity contribution in [3.63, 3.8) is 0 Å². The number of benzene rings is 4. The maximum absolute atomic E-state index is 13.1. The summed E-state index contributed by atoms with van der Waals surface area (Å²) in [6.45, 7) is -0.0595. The highest BCUT2D eigenvalue weighted by molar-refractivity contribution is 5.97. The molecule has 0 aliphatic carbocycles. The van der Waals surface area contributed by atoms with Crippen LogP contribution in [0.15, 0.2) is 109 Å². The van der Waals surface area contributed by atoms with E-state index in [0.29, 0.717) is 29.9 Å². The molecular weight excluding hydrogens is 640 g/mol. The molecule has 6 rings (SSSR count). The average molecular weight is 681 g/mol. The van der Waals surface area contributed by atoms with Gasteiger partial charge in [0.2, 0.25) is 11.8 Å². The van der Waals surface area contributed by atoms with E-state index in [1.54, 1.807) is 37.4 Å². The molecule has 0 saturated carbocycles. The Morgan fingerprint density at radius 2 is 1.18 bits per heavy atom. The van der Waals surface area contributed by atoms with Gasteiger partial charge in [-0.15, -0.1) is 0 Å². The summed E-state index contributed by atoms with van der Waals surface area (Å²) >= 11 is 0. The third kappa shape index (κ3) is 8.48. The number of carbonyl (C=O) groups is 4. The van der Waals surface area contributed by atoms with Crippen LogP contribution in [-0.4, -0.2) is 85.0 Å². The van der Waals surface area contributed by atoms with Gasteiger partial charge in [-0.1, -0.05) is 97.1 Å². The Morgan fingerprint density at radius 1 is 0.700 bits per heavy atom. The Hall–Kier alpha value is -5.68. The quantitative estimate of drug-likeness (QED) is 0.227. The number of carbonyl (C=O) groups excluding carboxylic acids is 4. The summed E-state index contributed by atoms with van der Waals surface area (Å²) in [5.41, 5.74) is 3.37. The number of ether oxygens (including phenoxy) is 4. The number of para-hydroxylation sites is 2. The predicted molar refractivity (Wildman–Crippen MR) is 184 cm³/mol. The van der Waals surface area contributed by atoms with Gasteiger partial charge in [0.05, 0.1) is 45.2 Å². The lowest BCUT2D eigenvalue weighted by Gasteiger charge is -2.25. The largest absolute Gasteiger partial charge is 0.496 e. The number of nitrogens with zero attached hydrogens (tertiary/aromatic N) is 2. The van der Waals surface area contributed by atoms with E-state index in [4.69, 9.17) is 18.9 Å². The van der Waals surface area contributed by atoms with Crippen LogP contribution >= 0.6 is 0 Å².